The van der Waals surface area contributed by atoms with Crippen LogP contribution in [0.1, 0.15) is 0 Å². The maximum absolute atomic E-state index is 10.3. The van der Waals surface area contributed by atoms with Crippen LogP contribution in [0.3, 0.4) is 0 Å². The smallest absolute Gasteiger partial charge is 0.178 e. The molecule has 5 heteroatoms. The maximum Gasteiger partial charge on any atom is 0.178 e. The fourth-order valence-corrected chi connectivity index (χ4v) is 0.440. The van der Waals surface area contributed by atoms with Gasteiger partial charge in [0.1, 0.15) is 0 Å². The lowest BCUT2D eigenvalue weighted by molar-refractivity contribution is -0.113. The van der Waals surface area contributed by atoms with Crippen LogP contribution in [-0.4, -0.2) is 11.6 Å². The van der Waals surface area contributed by atoms with Crippen molar-refractivity contribution >= 4 is 11.6 Å². The molecule has 11 heavy (non-hydrogen) atoms. The molecule has 0 radical (unpaired) electrons. The standard InChI is InChI=1S/C6H4O2.HN3/c7-5-1-2-6(8)4-3-5;1-3-2/h1-4H;1H. The largest absolute Gasteiger partial charge is 0.290 e. The molecule has 0 saturated heterocycles. The molecule has 1 aliphatic rings. The summed E-state index contributed by atoms with van der Waals surface area (Å²) in [4.78, 5) is 22.3. The molecule has 1 N–H and O–H groups in total. The van der Waals surface area contributed by atoms with E-state index in [1.807, 2.05) is 0 Å². The Morgan fingerprint density at radius 3 is 1.45 bits per heavy atom. The van der Waals surface area contributed by atoms with Gasteiger partial charge in [-0.15, -0.1) is 5.53 Å². The van der Waals surface area contributed by atoms with Crippen molar-refractivity contribution in [2.24, 2.45) is 0 Å². The number of nitrogens with one attached hydrogen (secondary N) is 1. The molecule has 0 spiro atoms. The van der Waals surface area contributed by atoms with Gasteiger partial charge in [-0.3, -0.25) is 9.59 Å². The van der Waals surface area contributed by atoms with Crippen molar-refractivity contribution in [1.29, 1.82) is 5.53 Å². The van der Waals surface area contributed by atoms with Crippen LogP contribution in [0.2, 0.25) is 0 Å². The first-order valence-electron chi connectivity index (χ1n) is 2.65. The SMILES string of the molecule is O=C1C=CC(=O)C=C1.[N-]=[N+]=N. The Hall–Kier alpha value is -1.87. The van der Waals surface area contributed by atoms with Crippen molar-refractivity contribution in [2.75, 3.05) is 0 Å². The van der Waals surface area contributed by atoms with E-state index in [9.17, 15) is 9.59 Å². The lowest BCUT2D eigenvalue weighted by Crippen LogP contribution is -1.97. The van der Waals surface area contributed by atoms with E-state index in [0.29, 0.717) is 0 Å². The van der Waals surface area contributed by atoms with E-state index in [0.717, 1.165) is 0 Å². The van der Waals surface area contributed by atoms with Gasteiger partial charge in [-0.05, 0) is 34.7 Å². The molecule has 0 aromatic carbocycles. The summed E-state index contributed by atoms with van der Waals surface area (Å²) in [6.45, 7) is 0. The number of carbonyl (C=O) groups excluding carboxylic acids is 2. The van der Waals surface area contributed by atoms with Crippen molar-refractivity contribution < 1.29 is 9.59 Å². The van der Waals surface area contributed by atoms with Gasteiger partial charge in [0, 0.05) is 0 Å². The van der Waals surface area contributed by atoms with Gasteiger partial charge >= 0.3 is 0 Å². The highest BCUT2D eigenvalue weighted by Gasteiger charge is 1.97. The van der Waals surface area contributed by atoms with Gasteiger partial charge in [-0.2, -0.15) is 0 Å². The number of rotatable bonds is 0. The van der Waals surface area contributed by atoms with Gasteiger partial charge in [0.15, 0.2) is 11.6 Å². The molecule has 5 nitrogen and oxygen atoms in total. The van der Waals surface area contributed by atoms with Crippen LogP contribution < -0.4 is 0 Å². The number of carbonyl (C=O) groups is 2. The van der Waals surface area contributed by atoms with Crippen LogP contribution in [0.15, 0.2) is 24.3 Å². The summed E-state index contributed by atoms with van der Waals surface area (Å²) in [5.41, 5.74) is 12.2. The van der Waals surface area contributed by atoms with E-state index in [4.69, 9.17) is 11.1 Å². The molecule has 0 saturated carbocycles. The fourth-order valence-electron chi connectivity index (χ4n) is 0.440. The Bertz CT molecular complexity index is 221. The molecule has 0 amide bonds. The third-order valence-electron chi connectivity index (χ3n) is 0.824. The van der Waals surface area contributed by atoms with E-state index in [2.05, 4.69) is 0 Å². The summed E-state index contributed by atoms with van der Waals surface area (Å²) in [7, 11) is 0. The van der Waals surface area contributed by atoms with Crippen molar-refractivity contribution in [3.8, 4) is 0 Å². The van der Waals surface area contributed by atoms with Crippen molar-refractivity contribution in [3.63, 3.8) is 0 Å². The molecular weight excluding hydrogens is 146 g/mol. The first-order valence-corrected chi connectivity index (χ1v) is 2.65. The summed E-state index contributed by atoms with van der Waals surface area (Å²) in [5, 5.41) is 0. The number of hydrogen-bond donors (Lipinski definition) is 1. The Labute approximate surface area is 62.4 Å². The van der Waals surface area contributed by atoms with Crippen LogP contribution >= 0.6 is 0 Å². The van der Waals surface area contributed by atoms with Gasteiger partial charge in [-0.1, -0.05) is 0 Å². The van der Waals surface area contributed by atoms with E-state index < -0.39 is 0 Å². The predicted molar refractivity (Wildman–Crippen MR) is 37.7 cm³/mol. The average Bonchev–Trinajstić information content (AvgIpc) is 1.97. The van der Waals surface area contributed by atoms with Crippen LogP contribution in [0, 0.1) is 5.53 Å². The topological polar surface area (TPSA) is 94.4 Å². The number of allylic oxidation sites excluding steroid dienone is 4. The van der Waals surface area contributed by atoms with E-state index in [-0.39, 0.29) is 11.6 Å². The van der Waals surface area contributed by atoms with Gasteiger partial charge in [0.05, 0.1) is 0 Å². The summed E-state index contributed by atoms with van der Waals surface area (Å²) < 4.78 is 0. The summed E-state index contributed by atoms with van der Waals surface area (Å²) in [6, 6.07) is 0. The lowest BCUT2D eigenvalue weighted by Gasteiger charge is -1.87. The third kappa shape index (κ3) is 4.62. The minimum atomic E-state index is -0.121. The zero-order chi connectivity index (χ0) is 8.69. The highest BCUT2D eigenvalue weighted by Crippen LogP contribution is 1.90. The van der Waals surface area contributed by atoms with Crippen LogP contribution in [-0.2, 0) is 9.59 Å². The molecule has 0 unspecified atom stereocenters. The summed E-state index contributed by atoms with van der Waals surface area (Å²) in [5.74, 6) is -0.241. The number of nitrogens with zero attached hydrogens (tertiary/aromatic N) is 2. The molecule has 1 rings (SSSR count). The van der Waals surface area contributed by atoms with Gasteiger partial charge in [0.25, 0.3) is 0 Å². The highest BCUT2D eigenvalue weighted by atomic mass is 16.1. The molecule has 0 aromatic heterocycles. The minimum absolute atomic E-state index is 0.121. The summed E-state index contributed by atoms with van der Waals surface area (Å²) in [6.07, 6.45) is 5.01. The van der Waals surface area contributed by atoms with E-state index in [1.54, 1.807) is 4.91 Å². The van der Waals surface area contributed by atoms with Crippen molar-refractivity contribution in [3.05, 3.63) is 34.7 Å². The van der Waals surface area contributed by atoms with Crippen LogP contribution in [0.4, 0.5) is 0 Å². The monoisotopic (exact) mass is 151 g/mol. The van der Waals surface area contributed by atoms with Gasteiger partial charge in [0.2, 0.25) is 0 Å². The molecule has 0 heterocycles. The predicted octanol–water partition coefficient (Wildman–Crippen LogP) is 1.13. The zero-order valence-electron chi connectivity index (χ0n) is 5.52. The highest BCUT2D eigenvalue weighted by molar-refractivity contribution is 6.14. The fraction of sp³-hybridized carbons (Fsp3) is 0. The zero-order valence-corrected chi connectivity index (χ0v) is 5.52. The molecule has 0 fully saturated rings. The quantitative estimate of drug-likeness (QED) is 0.243. The van der Waals surface area contributed by atoms with Gasteiger partial charge < -0.3 is 0 Å². The first kappa shape index (κ1) is 9.13. The summed E-state index contributed by atoms with van der Waals surface area (Å²) >= 11 is 0. The molecule has 0 aliphatic heterocycles. The molecule has 1 aliphatic carbocycles. The van der Waals surface area contributed by atoms with E-state index in [1.165, 1.54) is 24.3 Å². The molecule has 0 aromatic rings. The van der Waals surface area contributed by atoms with Gasteiger partial charge in [-0.25, -0.2) is 0 Å². The lowest BCUT2D eigenvalue weighted by atomic mass is 10.2. The molecule has 56 valence electrons. The van der Waals surface area contributed by atoms with Crippen LogP contribution in [0.5, 0.6) is 0 Å². The molecular formula is C6H5N3O2. The molecule has 0 bridgehead atoms. The Morgan fingerprint density at radius 2 is 1.27 bits per heavy atom. The van der Waals surface area contributed by atoms with Crippen LogP contribution in [0.25, 0.3) is 10.4 Å². The van der Waals surface area contributed by atoms with Crippen molar-refractivity contribution in [2.45, 2.75) is 0 Å². The number of hydrogen-bond acceptors (Lipinski definition) is 3. The Kier molecular flexibility index (Phi) is 4.12. The minimum Gasteiger partial charge on any atom is -0.290 e. The second-order valence-electron chi connectivity index (χ2n) is 1.57. The Morgan fingerprint density at radius 1 is 1.09 bits per heavy atom. The second-order valence-corrected chi connectivity index (χ2v) is 1.57. The molecule has 0 atom stereocenters. The normalized spacial score (nSPS) is 13.5. The van der Waals surface area contributed by atoms with E-state index >= 15 is 0 Å². The average molecular weight is 151 g/mol. The number of ketones is 2. The first-order chi connectivity index (χ1) is 5.20. The van der Waals surface area contributed by atoms with Crippen molar-refractivity contribution in [1.82, 2.24) is 0 Å². The second kappa shape index (κ2) is 4.96. The maximum atomic E-state index is 10.3. The third-order valence-corrected chi connectivity index (χ3v) is 0.824. The Balaban J connectivity index is 0.000000292.